The molecule has 2 aliphatic rings. The molecule has 35 heavy (non-hydrogen) atoms. The second kappa shape index (κ2) is 8.56. The first-order valence-electron chi connectivity index (χ1n) is 10.5. The van der Waals surface area contributed by atoms with Crippen LogP contribution in [0.5, 0.6) is 11.6 Å². The zero-order chi connectivity index (χ0) is 24.9. The van der Waals surface area contributed by atoms with Gasteiger partial charge in [-0.1, -0.05) is 11.6 Å². The molecule has 1 aromatic carbocycles. The maximum absolute atomic E-state index is 14.2. The summed E-state index contributed by atoms with van der Waals surface area (Å²) in [5.41, 5.74) is -0.361. The molecule has 1 N–H and O–H groups in total. The molecule has 0 saturated carbocycles. The number of benzene rings is 1. The van der Waals surface area contributed by atoms with Gasteiger partial charge in [0.05, 0.1) is 29.9 Å². The van der Waals surface area contributed by atoms with Crippen molar-refractivity contribution < 1.29 is 31.8 Å². The average molecular weight is 509 g/mol. The monoisotopic (exact) mass is 508 g/mol. The SMILES string of the molecule is COc1ncc(C(F)(F)F)c2c1NC(=O)N(c1cc3c(cc1Cl)CCC(c1ncccc1F)O3)C2. The number of halogens is 5. The number of fused-ring (bicyclic) bond motifs is 2. The van der Waals surface area contributed by atoms with Crippen molar-refractivity contribution in [3.8, 4) is 11.6 Å². The first kappa shape index (κ1) is 23.2. The van der Waals surface area contributed by atoms with Crippen molar-refractivity contribution in [2.45, 2.75) is 31.7 Å². The maximum atomic E-state index is 14.2. The highest BCUT2D eigenvalue weighted by Gasteiger charge is 2.40. The van der Waals surface area contributed by atoms with Gasteiger partial charge in [0.2, 0.25) is 5.88 Å². The van der Waals surface area contributed by atoms with Gasteiger partial charge in [0, 0.05) is 24.0 Å². The van der Waals surface area contributed by atoms with Crippen LogP contribution in [0.25, 0.3) is 0 Å². The van der Waals surface area contributed by atoms with Crippen LogP contribution in [0.1, 0.15) is 34.9 Å². The predicted octanol–water partition coefficient (Wildman–Crippen LogP) is 5.91. The topological polar surface area (TPSA) is 76.6 Å². The quantitative estimate of drug-likeness (QED) is 0.445. The second-order valence-electron chi connectivity index (χ2n) is 7.98. The van der Waals surface area contributed by atoms with Crippen molar-refractivity contribution in [1.29, 1.82) is 0 Å². The van der Waals surface area contributed by atoms with E-state index in [1.54, 1.807) is 6.07 Å². The Morgan fingerprint density at radius 2 is 2.09 bits per heavy atom. The molecule has 0 aliphatic carbocycles. The Morgan fingerprint density at radius 1 is 1.29 bits per heavy atom. The molecule has 0 fully saturated rings. The third-order valence-corrected chi connectivity index (χ3v) is 6.20. The van der Waals surface area contributed by atoms with Gasteiger partial charge in [-0.2, -0.15) is 13.2 Å². The highest BCUT2D eigenvalue weighted by molar-refractivity contribution is 6.34. The minimum Gasteiger partial charge on any atom is -0.484 e. The van der Waals surface area contributed by atoms with Crippen molar-refractivity contribution in [3.63, 3.8) is 0 Å². The normalized spacial score (nSPS) is 17.3. The molecule has 182 valence electrons. The molecule has 1 unspecified atom stereocenters. The van der Waals surface area contributed by atoms with Crippen LogP contribution < -0.4 is 19.7 Å². The molecular weight excluding hydrogens is 492 g/mol. The molecule has 0 saturated heterocycles. The van der Waals surface area contributed by atoms with Crippen LogP contribution in [0.4, 0.5) is 33.7 Å². The summed E-state index contributed by atoms with van der Waals surface area (Å²) in [6, 6.07) is 5.10. The number of alkyl halides is 3. The highest BCUT2D eigenvalue weighted by atomic mass is 35.5. The summed E-state index contributed by atoms with van der Waals surface area (Å²) in [6.07, 6.45) is -2.29. The van der Waals surface area contributed by atoms with E-state index in [1.807, 2.05) is 0 Å². The Kier molecular flexibility index (Phi) is 5.66. The number of ether oxygens (including phenoxy) is 2. The number of hydrogen-bond donors (Lipinski definition) is 1. The number of carbonyl (C=O) groups excluding carboxylic acids is 1. The van der Waals surface area contributed by atoms with Crippen molar-refractivity contribution in [1.82, 2.24) is 9.97 Å². The Bertz CT molecular complexity index is 1330. The second-order valence-corrected chi connectivity index (χ2v) is 8.38. The lowest BCUT2D eigenvalue weighted by molar-refractivity contribution is -0.138. The molecule has 7 nitrogen and oxygen atoms in total. The number of pyridine rings is 2. The smallest absolute Gasteiger partial charge is 0.418 e. The summed E-state index contributed by atoms with van der Waals surface area (Å²) in [5, 5.41) is 2.59. The molecule has 2 amide bonds. The van der Waals surface area contributed by atoms with Gasteiger partial charge in [0.1, 0.15) is 29.1 Å². The number of aromatic nitrogens is 2. The number of hydrogen-bond acceptors (Lipinski definition) is 5. The van der Waals surface area contributed by atoms with Crippen molar-refractivity contribution >= 4 is 29.0 Å². The van der Waals surface area contributed by atoms with Crippen molar-refractivity contribution in [3.05, 3.63) is 69.9 Å². The number of rotatable bonds is 3. The third-order valence-electron chi connectivity index (χ3n) is 5.90. The van der Waals surface area contributed by atoms with Crippen LogP contribution in [0.15, 0.2) is 36.7 Å². The third kappa shape index (κ3) is 4.09. The van der Waals surface area contributed by atoms with E-state index in [4.69, 9.17) is 21.1 Å². The van der Waals surface area contributed by atoms with Gasteiger partial charge in [0.25, 0.3) is 0 Å². The molecule has 2 aromatic heterocycles. The summed E-state index contributed by atoms with van der Waals surface area (Å²) in [4.78, 5) is 21.7. The van der Waals surface area contributed by atoms with Gasteiger partial charge in [-0.05, 0) is 36.6 Å². The zero-order valence-corrected chi connectivity index (χ0v) is 18.9. The zero-order valence-electron chi connectivity index (χ0n) is 18.1. The fourth-order valence-corrected chi connectivity index (χ4v) is 4.53. The van der Waals surface area contributed by atoms with E-state index in [1.165, 1.54) is 31.5 Å². The van der Waals surface area contributed by atoms with Crippen LogP contribution in [0.2, 0.25) is 5.02 Å². The van der Waals surface area contributed by atoms with Crippen molar-refractivity contribution in [2.24, 2.45) is 0 Å². The lowest BCUT2D eigenvalue weighted by Gasteiger charge is -2.33. The highest BCUT2D eigenvalue weighted by Crippen LogP contribution is 2.45. The summed E-state index contributed by atoms with van der Waals surface area (Å²) >= 11 is 6.44. The number of anilines is 2. The average Bonchev–Trinajstić information content (AvgIpc) is 2.82. The van der Waals surface area contributed by atoms with E-state index in [0.717, 1.165) is 10.5 Å². The first-order valence-corrected chi connectivity index (χ1v) is 10.9. The van der Waals surface area contributed by atoms with Gasteiger partial charge in [-0.3, -0.25) is 9.88 Å². The van der Waals surface area contributed by atoms with Gasteiger partial charge >= 0.3 is 12.2 Å². The Hall–Kier alpha value is -3.60. The first-order chi connectivity index (χ1) is 16.7. The van der Waals surface area contributed by atoms with Crippen molar-refractivity contribution in [2.75, 3.05) is 17.3 Å². The molecule has 0 bridgehead atoms. The number of aryl methyl sites for hydroxylation is 1. The van der Waals surface area contributed by atoms with Crippen LogP contribution in [-0.2, 0) is 19.1 Å². The van der Waals surface area contributed by atoms with Crippen LogP contribution in [0.3, 0.4) is 0 Å². The fraction of sp³-hybridized carbons (Fsp3) is 0.261. The number of urea groups is 1. The molecule has 2 aliphatic heterocycles. The Balaban J connectivity index is 1.53. The number of amides is 2. The molecule has 0 spiro atoms. The lowest BCUT2D eigenvalue weighted by Crippen LogP contribution is -2.40. The molecular formula is C23H17ClF4N4O3. The molecule has 5 rings (SSSR count). The Labute approximate surface area is 201 Å². The van der Waals surface area contributed by atoms with Gasteiger partial charge < -0.3 is 14.8 Å². The van der Waals surface area contributed by atoms with Crippen LogP contribution in [0, 0.1) is 5.82 Å². The minimum atomic E-state index is -4.71. The fourth-order valence-electron chi connectivity index (χ4n) is 4.24. The number of nitrogens with one attached hydrogen (secondary N) is 1. The molecule has 12 heteroatoms. The molecule has 1 atom stereocenters. The molecule has 0 radical (unpaired) electrons. The van der Waals surface area contributed by atoms with Crippen LogP contribution in [-0.4, -0.2) is 23.1 Å². The van der Waals surface area contributed by atoms with Gasteiger partial charge in [-0.15, -0.1) is 0 Å². The van der Waals surface area contributed by atoms with Crippen LogP contribution >= 0.6 is 11.6 Å². The number of methoxy groups -OCH3 is 1. The maximum Gasteiger partial charge on any atom is 0.418 e. The predicted molar refractivity (Wildman–Crippen MR) is 118 cm³/mol. The van der Waals surface area contributed by atoms with E-state index in [2.05, 4.69) is 15.3 Å². The van der Waals surface area contributed by atoms with E-state index >= 15 is 0 Å². The van der Waals surface area contributed by atoms with E-state index < -0.39 is 36.2 Å². The summed E-state index contributed by atoms with van der Waals surface area (Å²) in [5.74, 6) is -0.307. The largest absolute Gasteiger partial charge is 0.484 e. The summed E-state index contributed by atoms with van der Waals surface area (Å²) in [6.45, 7) is -0.439. The number of nitrogens with zero attached hydrogens (tertiary/aromatic N) is 3. The number of carbonyl (C=O) groups is 1. The lowest BCUT2D eigenvalue weighted by atomic mass is 9.99. The van der Waals surface area contributed by atoms with Gasteiger partial charge in [-0.25, -0.2) is 14.2 Å². The van der Waals surface area contributed by atoms with E-state index in [9.17, 15) is 22.4 Å². The minimum absolute atomic E-state index is 0.138. The summed E-state index contributed by atoms with van der Waals surface area (Å²) in [7, 11) is 1.24. The van der Waals surface area contributed by atoms with E-state index in [-0.39, 0.29) is 33.5 Å². The Morgan fingerprint density at radius 3 is 2.80 bits per heavy atom. The molecule has 3 aromatic rings. The van der Waals surface area contributed by atoms with E-state index in [0.29, 0.717) is 24.8 Å². The van der Waals surface area contributed by atoms with Gasteiger partial charge in [0.15, 0.2) is 0 Å². The molecule has 4 heterocycles. The summed E-state index contributed by atoms with van der Waals surface area (Å²) < 4.78 is 66.3. The standard InChI is InChI=1S/C23H17ClF4N4O3/c1-34-21-19-12(13(9-30-21)23(26,27)28)10-32(22(33)31-19)16-8-18-11(7-14(16)24)4-5-17(35-18)20-15(25)3-2-6-29-20/h2-3,6-9,17H,4-5,10H2,1H3,(H,31,33).